The summed E-state index contributed by atoms with van der Waals surface area (Å²) in [6.07, 6.45) is 6.62. The summed E-state index contributed by atoms with van der Waals surface area (Å²) < 4.78 is 5.29. The van der Waals surface area contributed by atoms with Crippen LogP contribution in [0.5, 0.6) is 0 Å². The van der Waals surface area contributed by atoms with Gasteiger partial charge in [-0.25, -0.2) is 4.79 Å². The van der Waals surface area contributed by atoms with Crippen LogP contribution in [0.4, 0.5) is 4.79 Å². The van der Waals surface area contributed by atoms with E-state index < -0.39 is 11.7 Å². The lowest BCUT2D eigenvalue weighted by Crippen LogP contribution is -2.39. The highest BCUT2D eigenvalue weighted by Crippen LogP contribution is 2.37. The zero-order valence-electron chi connectivity index (χ0n) is 12.8. The number of thiophene rings is 1. The number of ether oxygens (including phenoxy) is 1. The van der Waals surface area contributed by atoms with Gasteiger partial charge in [0.25, 0.3) is 0 Å². The zero-order valence-corrected chi connectivity index (χ0v) is 13.6. The van der Waals surface area contributed by atoms with E-state index in [1.807, 2.05) is 17.5 Å². The lowest BCUT2D eigenvalue weighted by molar-refractivity contribution is -0.130. The van der Waals surface area contributed by atoms with Crippen molar-refractivity contribution in [3.8, 4) is 0 Å². The van der Waals surface area contributed by atoms with E-state index in [1.54, 1.807) is 32.1 Å². The SMILES string of the molecule is CC(C)(C)OC(=O)N(O)C(c1cccs1)C1C=CCCC1. The third-order valence-electron chi connectivity index (χ3n) is 3.38. The summed E-state index contributed by atoms with van der Waals surface area (Å²) in [6.45, 7) is 5.37. The topological polar surface area (TPSA) is 49.8 Å². The summed E-state index contributed by atoms with van der Waals surface area (Å²) in [6, 6.07) is 3.50. The van der Waals surface area contributed by atoms with Crippen molar-refractivity contribution < 1.29 is 14.7 Å². The molecule has 0 radical (unpaired) electrons. The summed E-state index contributed by atoms with van der Waals surface area (Å²) in [5.74, 6) is 0.120. The molecule has 0 aliphatic heterocycles. The fourth-order valence-corrected chi connectivity index (χ4v) is 3.38. The minimum absolute atomic E-state index is 0.120. The van der Waals surface area contributed by atoms with Crippen molar-refractivity contribution in [2.45, 2.75) is 51.7 Å². The van der Waals surface area contributed by atoms with Crippen LogP contribution in [-0.4, -0.2) is 22.0 Å². The van der Waals surface area contributed by atoms with Gasteiger partial charge in [0, 0.05) is 10.8 Å². The minimum Gasteiger partial charge on any atom is -0.442 e. The Morgan fingerprint density at radius 2 is 2.29 bits per heavy atom. The van der Waals surface area contributed by atoms with Crippen molar-refractivity contribution in [2.24, 2.45) is 5.92 Å². The smallest absolute Gasteiger partial charge is 0.434 e. The number of carbonyl (C=O) groups is 1. The second kappa shape index (κ2) is 6.62. The number of amides is 1. The summed E-state index contributed by atoms with van der Waals surface area (Å²) in [5.41, 5.74) is -0.625. The summed E-state index contributed by atoms with van der Waals surface area (Å²) in [5, 5.41) is 13.1. The van der Waals surface area contributed by atoms with Crippen LogP contribution in [0.3, 0.4) is 0 Å². The van der Waals surface area contributed by atoms with Gasteiger partial charge in [0.1, 0.15) is 11.6 Å². The molecule has 0 fully saturated rings. The Labute approximate surface area is 130 Å². The van der Waals surface area contributed by atoms with E-state index in [2.05, 4.69) is 12.2 Å². The van der Waals surface area contributed by atoms with Gasteiger partial charge in [-0.3, -0.25) is 5.21 Å². The number of rotatable bonds is 3. The van der Waals surface area contributed by atoms with Gasteiger partial charge >= 0.3 is 6.09 Å². The second-order valence-corrected chi connectivity index (χ2v) is 7.29. The molecule has 1 amide bonds. The van der Waals surface area contributed by atoms with Gasteiger partial charge in [0.15, 0.2) is 0 Å². The molecule has 1 aliphatic carbocycles. The summed E-state index contributed by atoms with van der Waals surface area (Å²) in [4.78, 5) is 13.1. The van der Waals surface area contributed by atoms with Crippen molar-refractivity contribution in [3.63, 3.8) is 0 Å². The molecule has 0 saturated heterocycles. The van der Waals surface area contributed by atoms with Gasteiger partial charge in [0.05, 0.1) is 0 Å². The minimum atomic E-state index is -0.695. The zero-order chi connectivity index (χ0) is 15.5. The van der Waals surface area contributed by atoms with Crippen molar-refractivity contribution >= 4 is 17.4 Å². The number of carbonyl (C=O) groups excluding carboxylic acids is 1. The van der Waals surface area contributed by atoms with Crippen LogP contribution >= 0.6 is 11.3 Å². The number of hydrogen-bond donors (Lipinski definition) is 1. The predicted molar refractivity (Wildman–Crippen MR) is 83.4 cm³/mol. The van der Waals surface area contributed by atoms with E-state index in [4.69, 9.17) is 4.74 Å². The van der Waals surface area contributed by atoms with E-state index in [0.29, 0.717) is 0 Å². The number of allylic oxidation sites excluding steroid dienone is 1. The first-order valence-corrected chi connectivity index (χ1v) is 8.17. The van der Waals surface area contributed by atoms with Crippen molar-refractivity contribution in [2.75, 3.05) is 0 Å². The van der Waals surface area contributed by atoms with Crippen LogP contribution in [0.1, 0.15) is 51.0 Å². The summed E-state index contributed by atoms with van der Waals surface area (Å²) in [7, 11) is 0. The van der Waals surface area contributed by atoms with E-state index in [9.17, 15) is 10.0 Å². The number of hydroxylamine groups is 2. The number of nitrogens with zero attached hydrogens (tertiary/aromatic N) is 1. The standard InChI is InChI=1S/C16H23NO3S/c1-16(2,3)20-15(18)17(19)14(13-10-7-11-21-13)12-8-5-4-6-9-12/h5,7-8,10-12,14,19H,4,6,9H2,1-3H3. The fourth-order valence-electron chi connectivity index (χ4n) is 2.50. The molecule has 1 heterocycles. The Hall–Kier alpha value is -1.33. The molecule has 2 rings (SSSR count). The molecule has 1 aromatic heterocycles. The highest BCUT2D eigenvalue weighted by atomic mass is 32.1. The molecule has 0 bridgehead atoms. The molecule has 2 atom stereocenters. The van der Waals surface area contributed by atoms with Crippen LogP contribution in [0.25, 0.3) is 0 Å². The third kappa shape index (κ3) is 4.32. The Kier molecular flexibility index (Phi) is 5.06. The van der Waals surface area contributed by atoms with Crippen LogP contribution in [0, 0.1) is 5.92 Å². The second-order valence-electron chi connectivity index (χ2n) is 6.31. The lowest BCUT2D eigenvalue weighted by Gasteiger charge is -2.33. The predicted octanol–water partition coefficient (Wildman–Crippen LogP) is 4.77. The van der Waals surface area contributed by atoms with Crippen molar-refractivity contribution in [1.29, 1.82) is 0 Å². The molecule has 5 heteroatoms. The molecule has 21 heavy (non-hydrogen) atoms. The average molecular weight is 309 g/mol. The lowest BCUT2D eigenvalue weighted by atomic mass is 9.88. The van der Waals surface area contributed by atoms with E-state index in [-0.39, 0.29) is 12.0 Å². The monoisotopic (exact) mass is 309 g/mol. The molecule has 1 N–H and O–H groups in total. The highest BCUT2D eigenvalue weighted by Gasteiger charge is 2.34. The van der Waals surface area contributed by atoms with Gasteiger partial charge in [-0.1, -0.05) is 18.2 Å². The van der Waals surface area contributed by atoms with Crippen LogP contribution in [0.15, 0.2) is 29.7 Å². The molecular weight excluding hydrogens is 286 g/mol. The molecule has 4 nitrogen and oxygen atoms in total. The maximum atomic E-state index is 12.2. The van der Waals surface area contributed by atoms with Crippen LogP contribution in [0.2, 0.25) is 0 Å². The normalized spacial score (nSPS) is 20.1. The first kappa shape index (κ1) is 16.0. The molecule has 0 spiro atoms. The molecule has 0 aromatic carbocycles. The maximum absolute atomic E-state index is 12.2. The maximum Gasteiger partial charge on any atom is 0.434 e. The van der Waals surface area contributed by atoms with Gasteiger partial charge in [-0.05, 0) is 51.5 Å². The third-order valence-corrected chi connectivity index (χ3v) is 4.32. The largest absolute Gasteiger partial charge is 0.442 e. The van der Waals surface area contributed by atoms with Crippen molar-refractivity contribution in [1.82, 2.24) is 5.06 Å². The number of hydrogen-bond acceptors (Lipinski definition) is 4. The van der Waals surface area contributed by atoms with E-state index in [1.165, 1.54) is 0 Å². The average Bonchev–Trinajstić information content (AvgIpc) is 2.92. The summed E-state index contributed by atoms with van der Waals surface area (Å²) >= 11 is 1.55. The van der Waals surface area contributed by atoms with Gasteiger partial charge in [0.2, 0.25) is 0 Å². The highest BCUT2D eigenvalue weighted by molar-refractivity contribution is 7.10. The first-order valence-electron chi connectivity index (χ1n) is 7.29. The molecule has 1 aliphatic rings. The Bertz CT molecular complexity index is 490. The fraction of sp³-hybridized carbons (Fsp3) is 0.562. The van der Waals surface area contributed by atoms with Crippen LogP contribution < -0.4 is 0 Å². The Balaban J connectivity index is 2.21. The molecular formula is C16H23NO3S. The molecule has 0 saturated carbocycles. The Morgan fingerprint density at radius 3 is 2.81 bits per heavy atom. The molecule has 2 unspecified atom stereocenters. The molecule has 1 aromatic rings. The van der Waals surface area contributed by atoms with Crippen molar-refractivity contribution in [3.05, 3.63) is 34.5 Å². The quantitative estimate of drug-likeness (QED) is 0.497. The van der Waals surface area contributed by atoms with Gasteiger partial charge in [-0.15, -0.1) is 11.3 Å². The van der Waals surface area contributed by atoms with Crippen LogP contribution in [-0.2, 0) is 4.74 Å². The van der Waals surface area contributed by atoms with E-state index >= 15 is 0 Å². The Morgan fingerprint density at radius 1 is 1.52 bits per heavy atom. The van der Waals surface area contributed by atoms with E-state index in [0.717, 1.165) is 29.2 Å². The van der Waals surface area contributed by atoms with Gasteiger partial charge in [-0.2, -0.15) is 5.06 Å². The first-order chi connectivity index (χ1) is 9.88. The van der Waals surface area contributed by atoms with Gasteiger partial charge < -0.3 is 4.74 Å². The molecule has 116 valence electrons.